The molecule has 2 amide bonds. The van der Waals surface area contributed by atoms with Crippen molar-refractivity contribution < 1.29 is 19.8 Å². The normalized spacial score (nSPS) is 13.0. The van der Waals surface area contributed by atoms with Crippen LogP contribution in [0.15, 0.2) is 0 Å². The van der Waals surface area contributed by atoms with Crippen molar-refractivity contribution in [3.63, 3.8) is 0 Å². The monoisotopic (exact) mass is 712 g/mol. The molecule has 0 heterocycles. The molecule has 0 saturated carbocycles. The minimum Gasteiger partial charge on any atom is -0.382 e. The predicted molar refractivity (Wildman–Crippen MR) is 213 cm³/mol. The van der Waals surface area contributed by atoms with Gasteiger partial charge in [-0.15, -0.1) is 0 Å². The Bertz CT molecular complexity index is 726. The summed E-state index contributed by atoms with van der Waals surface area (Å²) in [7, 11) is 9.66. The van der Waals surface area contributed by atoms with E-state index in [0.29, 0.717) is 26.2 Å². The van der Waals surface area contributed by atoms with Crippen LogP contribution in [0.1, 0.15) is 155 Å². The Morgan fingerprint density at radius 1 is 0.380 bits per heavy atom. The zero-order chi connectivity index (χ0) is 37.4. The lowest BCUT2D eigenvalue weighted by atomic mass is 10.1. The zero-order valence-electron chi connectivity index (χ0n) is 34.3. The second-order valence-electron chi connectivity index (χ2n) is 15.5. The number of aliphatic hydroxyl groups excluding tert-OH is 2. The van der Waals surface area contributed by atoms with Crippen LogP contribution in [0, 0.1) is 0 Å². The molecule has 0 aliphatic rings. The Kier molecular flexibility index (Phi) is 32.7. The van der Waals surface area contributed by atoms with Crippen LogP contribution in [0.2, 0.25) is 0 Å². The fourth-order valence-electron chi connectivity index (χ4n) is 6.66. The first-order chi connectivity index (χ1) is 24.0. The predicted octanol–water partition coefficient (Wildman–Crippen LogP) is 7.04. The standard InChI is InChI=1S/C41H85N5O4/c1-8-10-12-14-16-18-20-22-24-26-34-45(6)40(49)38(47)36-43(4)32-28-30-42(3)31-29-33-44(5)37-39(48)41(50)46(7)35-27-25-23-21-19-17-15-13-11-9-2/h38-39,47-48H,8-37H2,1-7H3. The largest absolute Gasteiger partial charge is 0.382 e. The third-order valence-corrected chi connectivity index (χ3v) is 10.1. The molecule has 0 aliphatic heterocycles. The minimum atomic E-state index is -0.983. The lowest BCUT2D eigenvalue weighted by Gasteiger charge is -2.26. The summed E-state index contributed by atoms with van der Waals surface area (Å²) >= 11 is 0. The second kappa shape index (κ2) is 33.6. The zero-order valence-corrected chi connectivity index (χ0v) is 34.3. The summed E-state index contributed by atoms with van der Waals surface area (Å²) in [6.07, 6.45) is 25.4. The molecule has 0 fully saturated rings. The van der Waals surface area contributed by atoms with Gasteiger partial charge >= 0.3 is 0 Å². The van der Waals surface area contributed by atoms with Crippen molar-refractivity contribution in [2.24, 2.45) is 0 Å². The summed E-state index contributed by atoms with van der Waals surface area (Å²) in [5.41, 5.74) is 0. The van der Waals surface area contributed by atoms with Crippen molar-refractivity contribution in [2.45, 2.75) is 167 Å². The molecule has 2 N–H and O–H groups in total. The molecule has 298 valence electrons. The van der Waals surface area contributed by atoms with Gasteiger partial charge in [-0.25, -0.2) is 0 Å². The number of rotatable bonds is 36. The van der Waals surface area contributed by atoms with Gasteiger partial charge in [0.15, 0.2) is 0 Å². The summed E-state index contributed by atoms with van der Waals surface area (Å²) in [4.78, 5) is 35.1. The van der Waals surface area contributed by atoms with Crippen LogP contribution in [0.4, 0.5) is 0 Å². The van der Waals surface area contributed by atoms with E-state index in [1.165, 1.54) is 103 Å². The lowest BCUT2D eigenvalue weighted by Crippen LogP contribution is -2.43. The van der Waals surface area contributed by atoms with Crippen LogP contribution in [0.5, 0.6) is 0 Å². The van der Waals surface area contributed by atoms with Gasteiger partial charge in [0.25, 0.3) is 11.8 Å². The SMILES string of the molecule is CCCCCCCCCCCCN(C)C(=O)C(O)CN(C)CCCN(C)CCCN(C)CC(O)C(=O)N(C)CCCCCCCCCCCC. The maximum Gasteiger partial charge on any atom is 0.252 e. The van der Waals surface area contributed by atoms with Crippen LogP contribution >= 0.6 is 0 Å². The molecule has 50 heavy (non-hydrogen) atoms. The number of likely N-dealkylation sites (N-methyl/N-ethyl adjacent to an activating group) is 4. The quantitative estimate of drug-likeness (QED) is 0.0674. The molecule has 2 unspecified atom stereocenters. The van der Waals surface area contributed by atoms with Gasteiger partial charge in [-0.05, 0) is 73.0 Å². The molecule has 0 radical (unpaired) electrons. The number of amides is 2. The molecule has 0 aromatic heterocycles. The number of carbonyl (C=O) groups is 2. The fraction of sp³-hybridized carbons (Fsp3) is 0.951. The van der Waals surface area contributed by atoms with Crippen LogP contribution < -0.4 is 0 Å². The van der Waals surface area contributed by atoms with Crippen molar-refractivity contribution in [3.8, 4) is 0 Å². The van der Waals surface area contributed by atoms with Gasteiger partial charge in [0.1, 0.15) is 12.2 Å². The number of aliphatic hydroxyl groups is 2. The Morgan fingerprint density at radius 2 is 0.640 bits per heavy atom. The van der Waals surface area contributed by atoms with E-state index in [9.17, 15) is 19.8 Å². The summed E-state index contributed by atoms with van der Waals surface area (Å²) in [6.45, 7) is 10.1. The summed E-state index contributed by atoms with van der Waals surface area (Å²) in [6, 6.07) is 0. The van der Waals surface area contributed by atoms with Crippen molar-refractivity contribution >= 4 is 11.8 Å². The molecule has 0 aliphatic carbocycles. The number of hydrogen-bond donors (Lipinski definition) is 2. The molecule has 0 spiro atoms. The molecule has 9 heteroatoms. The smallest absolute Gasteiger partial charge is 0.252 e. The molecule has 2 atom stereocenters. The third-order valence-electron chi connectivity index (χ3n) is 10.1. The average molecular weight is 712 g/mol. The minimum absolute atomic E-state index is 0.179. The third kappa shape index (κ3) is 28.3. The molecular weight excluding hydrogens is 626 g/mol. The molecule has 0 aromatic rings. The fourth-order valence-corrected chi connectivity index (χ4v) is 6.66. The number of hydrogen-bond acceptors (Lipinski definition) is 7. The molecule has 0 saturated heterocycles. The lowest BCUT2D eigenvalue weighted by molar-refractivity contribution is -0.140. The Morgan fingerprint density at radius 3 is 0.940 bits per heavy atom. The van der Waals surface area contributed by atoms with Crippen molar-refractivity contribution in [1.29, 1.82) is 0 Å². The maximum absolute atomic E-state index is 12.7. The molecule has 0 aromatic carbocycles. The van der Waals surface area contributed by atoms with Gasteiger partial charge in [0, 0.05) is 40.3 Å². The highest BCUT2D eigenvalue weighted by atomic mass is 16.3. The average Bonchev–Trinajstić information content (AvgIpc) is 3.08. The van der Waals surface area contributed by atoms with Crippen molar-refractivity contribution in [1.82, 2.24) is 24.5 Å². The van der Waals surface area contributed by atoms with Crippen LogP contribution in [-0.4, -0.2) is 146 Å². The first-order valence-corrected chi connectivity index (χ1v) is 20.9. The van der Waals surface area contributed by atoms with Crippen molar-refractivity contribution in [2.75, 3.05) is 87.6 Å². The highest BCUT2D eigenvalue weighted by Gasteiger charge is 2.22. The highest BCUT2D eigenvalue weighted by Crippen LogP contribution is 2.12. The summed E-state index contributed by atoms with van der Waals surface area (Å²) in [5.74, 6) is -0.358. The molecule has 0 rings (SSSR count). The van der Waals surface area contributed by atoms with Crippen LogP contribution in [-0.2, 0) is 9.59 Å². The molecule has 9 nitrogen and oxygen atoms in total. The van der Waals surface area contributed by atoms with Gasteiger partial charge in [0.05, 0.1) is 0 Å². The first kappa shape index (κ1) is 48.7. The topological polar surface area (TPSA) is 90.8 Å². The summed E-state index contributed by atoms with van der Waals surface area (Å²) < 4.78 is 0. The van der Waals surface area contributed by atoms with Gasteiger partial charge in [-0.3, -0.25) is 9.59 Å². The maximum atomic E-state index is 12.7. The van der Waals surface area contributed by atoms with E-state index in [2.05, 4.69) is 25.8 Å². The number of carbonyl (C=O) groups excluding carboxylic acids is 2. The Hall–Kier alpha value is -1.26. The van der Waals surface area contributed by atoms with Crippen molar-refractivity contribution in [3.05, 3.63) is 0 Å². The van der Waals surface area contributed by atoms with Gasteiger partial charge in [0.2, 0.25) is 0 Å². The number of unbranched alkanes of at least 4 members (excludes halogenated alkanes) is 18. The van der Waals surface area contributed by atoms with Gasteiger partial charge < -0.3 is 34.7 Å². The first-order valence-electron chi connectivity index (χ1n) is 20.9. The molecular formula is C41H85N5O4. The van der Waals surface area contributed by atoms with E-state index in [4.69, 9.17) is 0 Å². The second-order valence-corrected chi connectivity index (χ2v) is 15.5. The van der Waals surface area contributed by atoms with E-state index < -0.39 is 12.2 Å². The van der Waals surface area contributed by atoms with Crippen LogP contribution in [0.25, 0.3) is 0 Å². The van der Waals surface area contributed by atoms with Gasteiger partial charge in [-0.2, -0.15) is 0 Å². The summed E-state index contributed by atoms with van der Waals surface area (Å²) in [5, 5.41) is 21.1. The Balaban J connectivity index is 3.95. The molecule has 0 bridgehead atoms. The number of nitrogens with zero attached hydrogens (tertiary/aromatic N) is 5. The van der Waals surface area contributed by atoms with E-state index in [1.54, 1.807) is 9.80 Å². The van der Waals surface area contributed by atoms with E-state index in [1.807, 2.05) is 38.0 Å². The van der Waals surface area contributed by atoms with Gasteiger partial charge in [-0.1, -0.05) is 129 Å². The Labute approximate surface area is 310 Å². The van der Waals surface area contributed by atoms with E-state index in [-0.39, 0.29) is 11.8 Å². The van der Waals surface area contributed by atoms with E-state index in [0.717, 1.165) is 64.7 Å². The van der Waals surface area contributed by atoms with E-state index >= 15 is 0 Å². The highest BCUT2D eigenvalue weighted by molar-refractivity contribution is 5.81. The van der Waals surface area contributed by atoms with Crippen LogP contribution in [0.3, 0.4) is 0 Å².